The molecule has 10 nitrogen and oxygen atoms in total. The van der Waals surface area contributed by atoms with Crippen molar-refractivity contribution < 1.29 is 31.9 Å². The van der Waals surface area contributed by atoms with E-state index in [1.165, 1.54) is 41.3 Å². The van der Waals surface area contributed by atoms with Crippen LogP contribution in [0.3, 0.4) is 0 Å². The highest BCUT2D eigenvalue weighted by molar-refractivity contribution is 7.92. The fourth-order valence-electron chi connectivity index (χ4n) is 4.95. The van der Waals surface area contributed by atoms with E-state index in [4.69, 9.17) is 9.47 Å². The minimum absolute atomic E-state index is 0.0517. The van der Waals surface area contributed by atoms with Crippen LogP contribution in [0.5, 0.6) is 11.5 Å². The fourth-order valence-corrected chi connectivity index (χ4v) is 6.01. The van der Waals surface area contributed by atoms with Gasteiger partial charge in [0.15, 0.2) is 6.61 Å². The average Bonchev–Trinajstić information content (AvgIpc) is 3.13. The number of nitrogens with one attached hydrogen (secondary N) is 2. The maximum absolute atomic E-state index is 14.0. The van der Waals surface area contributed by atoms with Crippen LogP contribution in [-0.2, 0) is 39.1 Å². The molecule has 0 radical (unpaired) electrons. The summed E-state index contributed by atoms with van der Waals surface area (Å²) in [5.74, 6) is -0.410. The first kappa shape index (κ1) is 34.6. The lowest BCUT2D eigenvalue weighted by Gasteiger charge is -2.31. The summed E-state index contributed by atoms with van der Waals surface area (Å²) in [6.45, 7) is -0.140. The van der Waals surface area contributed by atoms with E-state index in [0.717, 1.165) is 23.3 Å². The number of rotatable bonds is 15. The van der Waals surface area contributed by atoms with Crippen molar-refractivity contribution in [2.45, 2.75) is 30.4 Å². The Kier molecular flexibility index (Phi) is 11.6. The first-order valence-corrected chi connectivity index (χ1v) is 16.8. The van der Waals surface area contributed by atoms with Crippen molar-refractivity contribution in [3.05, 3.63) is 150 Å². The third-order valence-corrected chi connectivity index (χ3v) is 8.94. The van der Waals surface area contributed by atoms with E-state index in [9.17, 15) is 22.4 Å². The molecule has 1 atom stereocenters. The molecule has 0 spiro atoms. The number of amides is 2. The predicted molar refractivity (Wildman–Crippen MR) is 183 cm³/mol. The summed E-state index contributed by atoms with van der Waals surface area (Å²) in [4.78, 5) is 33.5. The zero-order valence-corrected chi connectivity index (χ0v) is 27.5. The summed E-state index contributed by atoms with van der Waals surface area (Å²) in [6, 6.07) is 31.6. The maximum atomic E-state index is 14.0. The molecule has 0 fully saturated rings. The highest BCUT2D eigenvalue weighted by atomic mass is 32.2. The van der Waals surface area contributed by atoms with Crippen LogP contribution in [0.2, 0.25) is 0 Å². The molecule has 252 valence electrons. The van der Waals surface area contributed by atoms with Gasteiger partial charge in [0.2, 0.25) is 5.91 Å². The smallest absolute Gasteiger partial charge is 0.261 e. The molecule has 0 saturated heterocycles. The number of hydrogen-bond acceptors (Lipinski definition) is 7. The van der Waals surface area contributed by atoms with Gasteiger partial charge in [-0.2, -0.15) is 0 Å². The van der Waals surface area contributed by atoms with E-state index in [1.807, 2.05) is 48.5 Å². The van der Waals surface area contributed by atoms with E-state index >= 15 is 0 Å². The molecular formula is C37H35FN4O6S. The Labute approximate surface area is 284 Å². The van der Waals surface area contributed by atoms with Gasteiger partial charge in [-0.1, -0.05) is 48.5 Å². The van der Waals surface area contributed by atoms with Gasteiger partial charge in [0.1, 0.15) is 23.4 Å². The van der Waals surface area contributed by atoms with Crippen molar-refractivity contribution in [3.8, 4) is 11.5 Å². The molecule has 0 saturated carbocycles. The topological polar surface area (TPSA) is 127 Å². The fraction of sp³-hybridized carbons (Fsp3) is 0.162. The van der Waals surface area contributed by atoms with E-state index in [0.29, 0.717) is 11.4 Å². The molecule has 0 bridgehead atoms. The highest BCUT2D eigenvalue weighted by Crippen LogP contribution is 2.21. The summed E-state index contributed by atoms with van der Waals surface area (Å²) >= 11 is 0. The van der Waals surface area contributed by atoms with Gasteiger partial charge in [-0.3, -0.25) is 19.3 Å². The second-order valence-electron chi connectivity index (χ2n) is 11.0. The molecule has 1 heterocycles. The van der Waals surface area contributed by atoms with Crippen LogP contribution in [-0.4, -0.2) is 49.9 Å². The summed E-state index contributed by atoms with van der Waals surface area (Å²) in [5, 5.41) is 2.94. The Morgan fingerprint density at radius 2 is 1.49 bits per heavy atom. The van der Waals surface area contributed by atoms with Gasteiger partial charge in [0.25, 0.3) is 15.9 Å². The standard InChI is InChI=1S/C37H35FN4O6S/c1-47-32-16-10-28(11-17-32)25-42(35(23-27-7-3-2-4-8-27)37(44)40-24-31-9-5-6-22-39-31)36(43)26-48-33-18-20-34(21-19-33)49(45,46)41-30-14-12-29(38)13-15-30/h2-22,35,41H,23-26H2,1H3,(H,40,44). The summed E-state index contributed by atoms with van der Waals surface area (Å²) < 4.78 is 52.4. The molecule has 0 aliphatic carbocycles. The minimum Gasteiger partial charge on any atom is -0.497 e. The second-order valence-corrected chi connectivity index (χ2v) is 12.7. The first-order valence-electron chi connectivity index (χ1n) is 15.4. The molecule has 4 aromatic carbocycles. The Bertz CT molecular complexity index is 1930. The molecule has 0 aliphatic heterocycles. The number of methoxy groups -OCH3 is 1. The van der Waals surface area contributed by atoms with Crippen LogP contribution in [0.15, 0.2) is 132 Å². The lowest BCUT2D eigenvalue weighted by Crippen LogP contribution is -2.51. The highest BCUT2D eigenvalue weighted by Gasteiger charge is 2.31. The largest absolute Gasteiger partial charge is 0.497 e. The SMILES string of the molecule is COc1ccc(CN(C(=O)COc2ccc(S(=O)(=O)Nc3ccc(F)cc3)cc2)C(Cc2ccccc2)C(=O)NCc2ccccn2)cc1. The molecule has 0 aliphatic rings. The first-order chi connectivity index (χ1) is 23.7. The van der Waals surface area contributed by atoms with Crippen LogP contribution in [0.25, 0.3) is 0 Å². The number of anilines is 1. The van der Waals surface area contributed by atoms with Crippen LogP contribution >= 0.6 is 0 Å². The Balaban J connectivity index is 1.35. The van der Waals surface area contributed by atoms with Gasteiger partial charge >= 0.3 is 0 Å². The summed E-state index contributed by atoms with van der Waals surface area (Å²) in [6.07, 6.45) is 1.88. The van der Waals surface area contributed by atoms with Crippen LogP contribution in [0.1, 0.15) is 16.8 Å². The van der Waals surface area contributed by atoms with Gasteiger partial charge in [-0.05, 0) is 83.9 Å². The Morgan fingerprint density at radius 3 is 2.14 bits per heavy atom. The number of aromatic nitrogens is 1. The quantitative estimate of drug-likeness (QED) is 0.152. The van der Waals surface area contributed by atoms with Gasteiger partial charge in [-0.15, -0.1) is 0 Å². The zero-order valence-electron chi connectivity index (χ0n) is 26.7. The monoisotopic (exact) mass is 682 g/mol. The molecule has 5 aromatic rings. The number of benzene rings is 4. The molecule has 49 heavy (non-hydrogen) atoms. The van der Waals surface area contributed by atoms with Crippen LogP contribution in [0, 0.1) is 5.82 Å². The lowest BCUT2D eigenvalue weighted by molar-refractivity contribution is -0.142. The zero-order chi connectivity index (χ0) is 34.6. The molecule has 5 rings (SSSR count). The van der Waals surface area contributed by atoms with Gasteiger partial charge in [0, 0.05) is 24.8 Å². The number of carbonyl (C=O) groups excluding carboxylic acids is 2. The van der Waals surface area contributed by atoms with Crippen LogP contribution in [0.4, 0.5) is 10.1 Å². The number of ether oxygens (including phenoxy) is 2. The number of sulfonamides is 1. The Morgan fingerprint density at radius 1 is 0.816 bits per heavy atom. The number of pyridine rings is 1. The third kappa shape index (κ3) is 9.88. The maximum Gasteiger partial charge on any atom is 0.261 e. The van der Waals surface area contributed by atoms with Gasteiger partial charge in [0.05, 0.1) is 24.2 Å². The van der Waals surface area contributed by atoms with Gasteiger partial charge in [-0.25, -0.2) is 12.8 Å². The predicted octanol–water partition coefficient (Wildman–Crippen LogP) is 5.37. The number of hydrogen-bond donors (Lipinski definition) is 2. The van der Waals surface area contributed by atoms with Crippen molar-refractivity contribution in [1.82, 2.24) is 15.2 Å². The molecule has 1 aromatic heterocycles. The lowest BCUT2D eigenvalue weighted by atomic mass is 10.0. The molecule has 1 unspecified atom stereocenters. The molecule has 2 N–H and O–H groups in total. The van der Waals surface area contributed by atoms with Crippen molar-refractivity contribution in [1.29, 1.82) is 0 Å². The van der Waals surface area contributed by atoms with E-state index in [2.05, 4.69) is 15.0 Å². The van der Waals surface area contributed by atoms with Crippen LogP contribution < -0.4 is 19.5 Å². The average molecular weight is 683 g/mol. The van der Waals surface area contributed by atoms with Crippen molar-refractivity contribution in [2.24, 2.45) is 0 Å². The molecule has 2 amide bonds. The summed E-state index contributed by atoms with van der Waals surface area (Å²) in [7, 11) is -2.40. The summed E-state index contributed by atoms with van der Waals surface area (Å²) in [5.41, 5.74) is 2.51. The number of nitrogens with zero attached hydrogens (tertiary/aromatic N) is 2. The minimum atomic E-state index is -3.96. The van der Waals surface area contributed by atoms with Crippen molar-refractivity contribution in [2.75, 3.05) is 18.4 Å². The van der Waals surface area contributed by atoms with Crippen molar-refractivity contribution >= 4 is 27.5 Å². The Hall–Kier alpha value is -5.75. The van der Waals surface area contributed by atoms with E-state index in [-0.39, 0.29) is 41.7 Å². The van der Waals surface area contributed by atoms with Gasteiger partial charge < -0.3 is 19.7 Å². The van der Waals surface area contributed by atoms with E-state index < -0.39 is 34.4 Å². The normalized spacial score (nSPS) is 11.6. The number of halogens is 1. The third-order valence-electron chi connectivity index (χ3n) is 7.55. The van der Waals surface area contributed by atoms with E-state index in [1.54, 1.807) is 37.6 Å². The van der Waals surface area contributed by atoms with Crippen molar-refractivity contribution in [3.63, 3.8) is 0 Å². The molecule has 12 heteroatoms. The second kappa shape index (κ2) is 16.4. The number of carbonyl (C=O) groups is 2. The molecular weight excluding hydrogens is 647 g/mol.